The minimum Gasteiger partial charge on any atom is -0.483 e. The number of piperazine rings is 2. The number of amides is 1. The Morgan fingerprint density at radius 2 is 1.58 bits per heavy atom. The number of carboxylic acid groups (broad SMARTS) is 2. The molecule has 0 bridgehead atoms. The third kappa shape index (κ3) is 6.22. The van der Waals surface area contributed by atoms with E-state index in [1.807, 2.05) is 0 Å². The van der Waals surface area contributed by atoms with Crippen molar-refractivity contribution in [1.29, 1.82) is 0 Å². The van der Waals surface area contributed by atoms with Crippen molar-refractivity contribution in [2.24, 2.45) is 5.41 Å². The summed E-state index contributed by atoms with van der Waals surface area (Å²) in [7, 11) is 2.19. The Hall–Kier alpha value is -1.71. The van der Waals surface area contributed by atoms with Gasteiger partial charge in [0.15, 0.2) is 0 Å². The van der Waals surface area contributed by atoms with Crippen molar-refractivity contribution in [3.05, 3.63) is 0 Å². The number of fused-ring (bicyclic) bond motifs is 1. The molecule has 3 rings (SSSR count). The zero-order valence-corrected chi connectivity index (χ0v) is 15.8. The molecular weight excluding hydrogens is 340 g/mol. The summed E-state index contributed by atoms with van der Waals surface area (Å²) < 4.78 is 0. The van der Waals surface area contributed by atoms with Gasteiger partial charge in [-0.15, -0.1) is 0 Å². The molecule has 0 saturated carbocycles. The molecule has 0 aliphatic carbocycles. The Bertz CT molecular complexity index is 450. The van der Waals surface area contributed by atoms with E-state index in [-0.39, 0.29) is 18.4 Å². The van der Waals surface area contributed by atoms with E-state index in [9.17, 15) is 4.79 Å². The van der Waals surface area contributed by atoms with Crippen LogP contribution in [0.5, 0.6) is 0 Å². The van der Waals surface area contributed by atoms with Crippen LogP contribution in [0.3, 0.4) is 0 Å². The predicted molar refractivity (Wildman–Crippen MR) is 97.0 cm³/mol. The molecule has 0 radical (unpaired) electrons. The molecule has 3 heterocycles. The van der Waals surface area contributed by atoms with E-state index in [1.54, 1.807) is 0 Å². The summed E-state index contributed by atoms with van der Waals surface area (Å²) in [4.78, 5) is 36.7. The van der Waals surface area contributed by atoms with E-state index < -0.39 is 0 Å². The first-order valence-corrected chi connectivity index (χ1v) is 9.00. The van der Waals surface area contributed by atoms with E-state index >= 15 is 0 Å². The highest BCUT2D eigenvalue weighted by Gasteiger charge is 2.41. The first kappa shape index (κ1) is 22.3. The number of piperidine rings is 1. The SMILES string of the molecule is CN1CCN2CCN(C(=O)C3(C)CCNCC3)CC2C1.O=CO.O=CO. The van der Waals surface area contributed by atoms with Gasteiger partial charge in [0.2, 0.25) is 5.91 Å². The zero-order valence-electron chi connectivity index (χ0n) is 15.8. The van der Waals surface area contributed by atoms with Gasteiger partial charge in [-0.05, 0) is 33.0 Å². The fraction of sp³-hybridized carbons (Fsp3) is 0.824. The Morgan fingerprint density at radius 1 is 1.04 bits per heavy atom. The molecule has 0 aromatic carbocycles. The highest BCUT2D eigenvalue weighted by Crippen LogP contribution is 2.31. The van der Waals surface area contributed by atoms with Crippen molar-refractivity contribution < 1.29 is 24.6 Å². The highest BCUT2D eigenvalue weighted by atomic mass is 16.3. The van der Waals surface area contributed by atoms with E-state index in [0.717, 1.165) is 65.2 Å². The molecule has 3 aliphatic rings. The third-order valence-corrected chi connectivity index (χ3v) is 5.41. The first-order valence-electron chi connectivity index (χ1n) is 9.00. The van der Waals surface area contributed by atoms with E-state index in [2.05, 4.69) is 34.0 Å². The van der Waals surface area contributed by atoms with Crippen molar-refractivity contribution in [3.8, 4) is 0 Å². The molecule has 3 saturated heterocycles. The molecule has 150 valence electrons. The van der Waals surface area contributed by atoms with Gasteiger partial charge in [0, 0.05) is 50.7 Å². The zero-order chi connectivity index (χ0) is 19.6. The summed E-state index contributed by atoms with van der Waals surface area (Å²) in [5.74, 6) is 0.395. The number of nitrogens with one attached hydrogen (secondary N) is 1. The van der Waals surface area contributed by atoms with Gasteiger partial charge in [0.1, 0.15) is 0 Å². The second-order valence-corrected chi connectivity index (χ2v) is 7.22. The number of likely N-dealkylation sites (N-methyl/N-ethyl adjacent to an activating group) is 1. The van der Waals surface area contributed by atoms with Crippen LogP contribution in [-0.4, -0.2) is 109 Å². The van der Waals surface area contributed by atoms with Gasteiger partial charge in [-0.25, -0.2) is 0 Å². The lowest BCUT2D eigenvalue weighted by Gasteiger charge is -2.48. The van der Waals surface area contributed by atoms with Crippen molar-refractivity contribution >= 4 is 18.9 Å². The van der Waals surface area contributed by atoms with E-state index in [1.165, 1.54) is 0 Å². The number of nitrogens with zero attached hydrogens (tertiary/aromatic N) is 3. The molecule has 1 unspecified atom stereocenters. The largest absolute Gasteiger partial charge is 0.483 e. The van der Waals surface area contributed by atoms with Crippen molar-refractivity contribution in [3.63, 3.8) is 0 Å². The number of carbonyl (C=O) groups is 3. The lowest BCUT2D eigenvalue weighted by Crippen LogP contribution is -2.63. The minimum atomic E-state index is -0.250. The lowest BCUT2D eigenvalue weighted by molar-refractivity contribution is -0.146. The van der Waals surface area contributed by atoms with Crippen LogP contribution in [0.2, 0.25) is 0 Å². The maximum absolute atomic E-state index is 12.9. The predicted octanol–water partition coefficient (Wildman–Crippen LogP) is -0.764. The number of carbonyl (C=O) groups excluding carboxylic acids is 1. The average molecular weight is 372 g/mol. The smallest absolute Gasteiger partial charge is 0.290 e. The van der Waals surface area contributed by atoms with Crippen LogP contribution in [0.1, 0.15) is 19.8 Å². The minimum absolute atomic E-state index is 0.131. The van der Waals surface area contributed by atoms with Crippen LogP contribution in [0.25, 0.3) is 0 Å². The van der Waals surface area contributed by atoms with Crippen molar-refractivity contribution in [2.75, 3.05) is 59.4 Å². The monoisotopic (exact) mass is 372 g/mol. The maximum Gasteiger partial charge on any atom is 0.290 e. The van der Waals surface area contributed by atoms with Gasteiger partial charge in [-0.2, -0.15) is 0 Å². The first-order chi connectivity index (χ1) is 12.4. The van der Waals surface area contributed by atoms with Crippen molar-refractivity contribution in [1.82, 2.24) is 20.0 Å². The van der Waals surface area contributed by atoms with Crippen LogP contribution in [0, 0.1) is 5.41 Å². The molecule has 3 aliphatic heterocycles. The summed E-state index contributed by atoms with van der Waals surface area (Å²) in [5.41, 5.74) is -0.131. The normalized spacial score (nSPS) is 25.5. The molecule has 3 N–H and O–H groups in total. The molecule has 0 aromatic rings. The van der Waals surface area contributed by atoms with Crippen LogP contribution in [-0.2, 0) is 14.4 Å². The van der Waals surface area contributed by atoms with Gasteiger partial charge in [0.05, 0.1) is 0 Å². The molecule has 26 heavy (non-hydrogen) atoms. The molecule has 0 spiro atoms. The topological polar surface area (TPSA) is 113 Å². The van der Waals surface area contributed by atoms with Crippen LogP contribution in [0.4, 0.5) is 0 Å². The second kappa shape index (κ2) is 11.1. The van der Waals surface area contributed by atoms with Crippen LogP contribution >= 0.6 is 0 Å². The average Bonchev–Trinajstić information content (AvgIpc) is 2.62. The van der Waals surface area contributed by atoms with Crippen LogP contribution in [0.15, 0.2) is 0 Å². The molecule has 3 fully saturated rings. The van der Waals surface area contributed by atoms with Crippen molar-refractivity contribution in [2.45, 2.75) is 25.8 Å². The molecule has 9 nitrogen and oxygen atoms in total. The summed E-state index contributed by atoms with van der Waals surface area (Å²) in [6.07, 6.45) is 1.97. The second-order valence-electron chi connectivity index (χ2n) is 7.22. The molecular formula is C17H32N4O5. The summed E-state index contributed by atoms with van der Waals surface area (Å²) in [5, 5.41) is 17.1. The lowest BCUT2D eigenvalue weighted by atomic mass is 9.79. The number of rotatable bonds is 1. The summed E-state index contributed by atoms with van der Waals surface area (Å²) in [6, 6.07) is 0.539. The third-order valence-electron chi connectivity index (χ3n) is 5.41. The van der Waals surface area contributed by atoms with E-state index in [0.29, 0.717) is 11.9 Å². The molecule has 0 aromatic heterocycles. The van der Waals surface area contributed by atoms with Crippen LogP contribution < -0.4 is 5.32 Å². The molecule has 9 heteroatoms. The Morgan fingerprint density at radius 3 is 2.15 bits per heavy atom. The summed E-state index contributed by atoms with van der Waals surface area (Å²) in [6.45, 7) is 9.94. The standard InChI is InChI=1S/C15H28N4O.2CH2O2/c1-15(3-5-16-6-4-15)14(20)19-10-9-18-8-7-17(2)11-13(18)12-19;2*2-1-3/h13,16H,3-12H2,1-2H3;2*1H,(H,2,3). The van der Waals surface area contributed by atoms with Gasteiger partial charge in [0.25, 0.3) is 12.9 Å². The molecule has 1 atom stereocenters. The Kier molecular flexibility index (Phi) is 9.53. The van der Waals surface area contributed by atoms with E-state index in [4.69, 9.17) is 19.8 Å². The number of hydrogen-bond acceptors (Lipinski definition) is 6. The highest BCUT2D eigenvalue weighted by molar-refractivity contribution is 5.82. The fourth-order valence-electron chi connectivity index (χ4n) is 3.87. The van der Waals surface area contributed by atoms with Gasteiger partial charge < -0.3 is 25.3 Å². The van der Waals surface area contributed by atoms with Gasteiger partial charge in [-0.3, -0.25) is 19.3 Å². The maximum atomic E-state index is 12.9. The molecule has 1 amide bonds. The Balaban J connectivity index is 0.000000499. The Labute approximate surface area is 154 Å². The summed E-state index contributed by atoms with van der Waals surface area (Å²) >= 11 is 0. The fourth-order valence-corrected chi connectivity index (χ4v) is 3.87. The number of hydrogen-bond donors (Lipinski definition) is 3. The quantitative estimate of drug-likeness (QED) is 0.515. The van der Waals surface area contributed by atoms with Gasteiger partial charge in [-0.1, -0.05) is 6.92 Å². The van der Waals surface area contributed by atoms with Gasteiger partial charge >= 0.3 is 0 Å².